The molecule has 8 heteroatoms. The van der Waals surface area contributed by atoms with E-state index in [0.29, 0.717) is 29.6 Å². The summed E-state index contributed by atoms with van der Waals surface area (Å²) in [5, 5.41) is 20.8. The quantitative estimate of drug-likeness (QED) is 0.232. The maximum atomic E-state index is 11.0. The smallest absolute Gasteiger partial charge is 0.335 e. The molecule has 0 aliphatic carbocycles. The van der Waals surface area contributed by atoms with Crippen LogP contribution in [0.3, 0.4) is 0 Å². The summed E-state index contributed by atoms with van der Waals surface area (Å²) in [6.07, 6.45) is 4.22. The first kappa shape index (κ1) is 21.7. The van der Waals surface area contributed by atoms with Crippen LogP contribution in [0, 0.1) is 12.8 Å². The number of aryl methyl sites for hydroxylation is 1. The molecule has 0 radical (unpaired) electrons. The Morgan fingerprint density at radius 3 is 2.68 bits per heavy atom. The second kappa shape index (κ2) is 10.6. The second-order valence-corrected chi connectivity index (χ2v) is 7.46. The zero-order valence-electron chi connectivity index (χ0n) is 17.0. The minimum Gasteiger partial charge on any atom is -0.494 e. The van der Waals surface area contributed by atoms with Gasteiger partial charge >= 0.3 is 5.97 Å². The van der Waals surface area contributed by atoms with E-state index in [4.69, 9.17) is 15.6 Å². The van der Waals surface area contributed by atoms with Gasteiger partial charge in [0.2, 0.25) is 5.96 Å². The van der Waals surface area contributed by atoms with Gasteiger partial charge in [-0.1, -0.05) is 5.10 Å². The number of carboxylic acid groups (broad SMARTS) is 1. The number of rotatable bonds is 8. The molecule has 154 valence electrons. The molecule has 0 atom stereocenters. The van der Waals surface area contributed by atoms with Gasteiger partial charge in [0, 0.05) is 13.1 Å². The number of guanidine groups is 1. The lowest BCUT2D eigenvalue weighted by Gasteiger charge is -2.32. The van der Waals surface area contributed by atoms with Crippen molar-refractivity contribution < 1.29 is 14.6 Å². The number of nitrogens with zero attached hydrogens (tertiary/aromatic N) is 4. The van der Waals surface area contributed by atoms with Crippen LogP contribution in [0.1, 0.15) is 55.5 Å². The molecule has 1 aromatic rings. The number of hydrogen-bond acceptors (Lipinski definition) is 4. The Kier molecular flexibility index (Phi) is 8.22. The molecule has 3 N–H and O–H groups in total. The minimum atomic E-state index is -0.913. The molecular formula is C20H31N5O3. The number of ether oxygens (including phenoxy) is 1. The topological polar surface area (TPSA) is 113 Å². The maximum absolute atomic E-state index is 11.0. The lowest BCUT2D eigenvalue weighted by atomic mass is 9.92. The van der Waals surface area contributed by atoms with Gasteiger partial charge in [-0.15, -0.1) is 0 Å². The fourth-order valence-corrected chi connectivity index (χ4v) is 3.22. The number of carbonyl (C=O) groups is 1. The maximum Gasteiger partial charge on any atom is 0.335 e. The van der Waals surface area contributed by atoms with E-state index in [9.17, 15) is 4.79 Å². The van der Waals surface area contributed by atoms with Crippen LogP contribution >= 0.6 is 0 Å². The van der Waals surface area contributed by atoms with E-state index >= 15 is 0 Å². The Morgan fingerprint density at radius 2 is 2.07 bits per heavy atom. The molecule has 1 fully saturated rings. The highest BCUT2D eigenvalue weighted by atomic mass is 16.5. The van der Waals surface area contributed by atoms with Crippen molar-refractivity contribution in [3.05, 3.63) is 29.3 Å². The molecule has 1 heterocycles. The van der Waals surface area contributed by atoms with Crippen molar-refractivity contribution in [3.63, 3.8) is 0 Å². The van der Waals surface area contributed by atoms with E-state index in [1.165, 1.54) is 0 Å². The summed E-state index contributed by atoms with van der Waals surface area (Å²) < 4.78 is 5.77. The van der Waals surface area contributed by atoms with Crippen LogP contribution in [0.2, 0.25) is 0 Å². The summed E-state index contributed by atoms with van der Waals surface area (Å²) >= 11 is 0. The molecule has 0 spiro atoms. The van der Waals surface area contributed by atoms with Crippen LogP contribution < -0.4 is 10.5 Å². The zero-order valence-corrected chi connectivity index (χ0v) is 17.0. The number of nitrogens with two attached hydrogens (primary N) is 1. The molecule has 0 unspecified atom stereocenters. The lowest BCUT2D eigenvalue weighted by Crippen LogP contribution is -2.42. The molecule has 8 nitrogen and oxygen atoms in total. The molecule has 0 saturated carbocycles. The summed E-state index contributed by atoms with van der Waals surface area (Å²) in [4.78, 5) is 13.1. The van der Waals surface area contributed by atoms with E-state index in [-0.39, 0.29) is 6.04 Å². The zero-order chi connectivity index (χ0) is 20.5. The number of carboxylic acids is 1. The van der Waals surface area contributed by atoms with Crippen molar-refractivity contribution in [2.75, 3.05) is 19.7 Å². The molecule has 0 aromatic heterocycles. The van der Waals surface area contributed by atoms with Gasteiger partial charge in [0.05, 0.1) is 18.2 Å². The van der Waals surface area contributed by atoms with Gasteiger partial charge in [-0.05, 0) is 81.4 Å². The third-order valence-corrected chi connectivity index (χ3v) is 4.82. The second-order valence-electron chi connectivity index (χ2n) is 7.46. The fourth-order valence-electron chi connectivity index (χ4n) is 3.22. The van der Waals surface area contributed by atoms with Gasteiger partial charge in [0.1, 0.15) is 5.75 Å². The average molecular weight is 390 g/mol. The van der Waals surface area contributed by atoms with Crippen LogP contribution in [0.4, 0.5) is 0 Å². The van der Waals surface area contributed by atoms with Gasteiger partial charge in [-0.3, -0.25) is 0 Å². The predicted octanol–water partition coefficient (Wildman–Crippen LogP) is 3.65. The van der Waals surface area contributed by atoms with Crippen LogP contribution in [0.5, 0.6) is 5.75 Å². The van der Waals surface area contributed by atoms with E-state index in [1.807, 2.05) is 13.8 Å². The average Bonchev–Trinajstić information content (AvgIpc) is 2.65. The van der Waals surface area contributed by atoms with E-state index in [1.54, 1.807) is 25.1 Å². The van der Waals surface area contributed by atoms with E-state index < -0.39 is 5.97 Å². The number of hydrogen-bond donors (Lipinski definition) is 2. The molecule has 28 heavy (non-hydrogen) atoms. The Hall–Kier alpha value is -2.64. The Morgan fingerprint density at radius 1 is 1.36 bits per heavy atom. The first-order valence-corrected chi connectivity index (χ1v) is 9.81. The largest absolute Gasteiger partial charge is 0.494 e. The third-order valence-electron chi connectivity index (χ3n) is 4.82. The van der Waals surface area contributed by atoms with Crippen LogP contribution in [0.25, 0.3) is 0 Å². The van der Waals surface area contributed by atoms with Crippen molar-refractivity contribution in [1.29, 1.82) is 0 Å². The first-order valence-electron chi connectivity index (χ1n) is 9.81. The highest BCUT2D eigenvalue weighted by Gasteiger charge is 2.20. The van der Waals surface area contributed by atoms with Gasteiger partial charge in [-0.2, -0.15) is 5.11 Å². The molecule has 2 rings (SSSR count). The number of benzene rings is 1. The van der Waals surface area contributed by atoms with E-state index in [0.717, 1.165) is 44.5 Å². The van der Waals surface area contributed by atoms with Crippen molar-refractivity contribution in [1.82, 2.24) is 4.90 Å². The normalized spacial score (nSPS) is 16.1. The predicted molar refractivity (Wildman–Crippen MR) is 109 cm³/mol. The monoisotopic (exact) mass is 389 g/mol. The minimum absolute atomic E-state index is 0.114. The van der Waals surface area contributed by atoms with Crippen LogP contribution in [-0.2, 0) is 0 Å². The van der Waals surface area contributed by atoms with Crippen molar-refractivity contribution in [2.45, 2.75) is 52.5 Å². The molecule has 1 saturated heterocycles. The summed E-state index contributed by atoms with van der Waals surface area (Å²) in [6, 6.07) is 5.20. The summed E-state index contributed by atoms with van der Waals surface area (Å²) in [6.45, 7) is 8.06. The Balaban J connectivity index is 1.67. The number of aromatic carboxylic acids is 1. The molecule has 0 amide bonds. The lowest BCUT2D eigenvalue weighted by molar-refractivity contribution is 0.0696. The van der Waals surface area contributed by atoms with Gasteiger partial charge < -0.3 is 20.5 Å². The highest BCUT2D eigenvalue weighted by Crippen LogP contribution is 2.23. The Bertz CT molecular complexity index is 710. The standard InChI is InChI=1S/C20H31N5O3/c1-14(2)22-24-23-20(21)25-10-8-16(9-11-25)5-4-12-28-17-6-7-18(19(26)27)15(3)13-17/h6-7,13-14,16H,4-5,8-12H2,1-3H3,(H,26,27)(H2,21,22,23). The molecule has 1 aliphatic rings. The number of piperidine rings is 1. The first-order chi connectivity index (χ1) is 13.4. The third kappa shape index (κ3) is 6.83. The molecule has 1 aromatic carbocycles. The highest BCUT2D eigenvalue weighted by molar-refractivity contribution is 5.89. The van der Waals surface area contributed by atoms with E-state index in [2.05, 4.69) is 20.3 Å². The number of likely N-dealkylation sites (tertiary alicyclic amines) is 1. The van der Waals surface area contributed by atoms with Crippen LogP contribution in [0.15, 0.2) is 33.6 Å². The summed E-state index contributed by atoms with van der Waals surface area (Å²) in [5.74, 6) is 0.897. The van der Waals surface area contributed by atoms with Gasteiger partial charge in [0.15, 0.2) is 0 Å². The fraction of sp³-hybridized carbons (Fsp3) is 0.600. The van der Waals surface area contributed by atoms with Crippen molar-refractivity contribution >= 4 is 11.9 Å². The van der Waals surface area contributed by atoms with Gasteiger partial charge in [-0.25, -0.2) is 4.79 Å². The summed E-state index contributed by atoms with van der Waals surface area (Å²) in [5.41, 5.74) is 7.00. The van der Waals surface area contributed by atoms with Crippen molar-refractivity contribution in [2.24, 2.45) is 27.1 Å². The molecular weight excluding hydrogens is 358 g/mol. The van der Waals surface area contributed by atoms with Gasteiger partial charge in [0.25, 0.3) is 0 Å². The SMILES string of the molecule is Cc1cc(OCCCC2CCN(C(N)=NN=NC(C)C)CC2)ccc1C(=O)O. The van der Waals surface area contributed by atoms with Crippen molar-refractivity contribution in [3.8, 4) is 5.75 Å². The Labute approximate surface area is 166 Å². The molecule has 0 bridgehead atoms. The molecule has 1 aliphatic heterocycles. The van der Waals surface area contributed by atoms with Crippen LogP contribution in [-0.4, -0.2) is 47.7 Å². The summed E-state index contributed by atoms with van der Waals surface area (Å²) in [7, 11) is 0.